The van der Waals surface area contributed by atoms with Crippen LogP contribution in [0.4, 0.5) is 16.2 Å². The second-order valence-electron chi connectivity index (χ2n) is 5.75. The number of piperazine rings is 1. The van der Waals surface area contributed by atoms with Gasteiger partial charge in [-0.3, -0.25) is 8.89 Å². The van der Waals surface area contributed by atoms with Crippen molar-refractivity contribution < 1.29 is 9.00 Å². The van der Waals surface area contributed by atoms with Gasteiger partial charge in [-0.25, -0.2) is 4.79 Å². The van der Waals surface area contributed by atoms with E-state index in [0.29, 0.717) is 18.8 Å². The fourth-order valence-electron chi connectivity index (χ4n) is 2.67. The summed E-state index contributed by atoms with van der Waals surface area (Å²) in [4.78, 5) is 17.1. The number of hydrogen-bond donors (Lipinski definition) is 1. The zero-order valence-electron chi connectivity index (χ0n) is 13.8. The van der Waals surface area contributed by atoms with E-state index in [1.54, 1.807) is 40.1 Å². The van der Waals surface area contributed by atoms with Crippen LogP contribution >= 0.6 is 0 Å². The monoisotopic (exact) mass is 347 g/mol. The fraction of sp³-hybridized carbons (Fsp3) is 0.375. The number of hydrogen-bond acceptors (Lipinski definition) is 4. The molecule has 0 bridgehead atoms. The van der Waals surface area contributed by atoms with E-state index in [-0.39, 0.29) is 6.03 Å². The number of nitrogens with one attached hydrogen (secondary N) is 1. The zero-order valence-corrected chi connectivity index (χ0v) is 14.6. The molecule has 1 atom stereocenters. The summed E-state index contributed by atoms with van der Waals surface area (Å²) in [6, 6.07) is 6.99. The number of amides is 2. The summed E-state index contributed by atoms with van der Waals surface area (Å²) < 4.78 is 13.2. The van der Waals surface area contributed by atoms with Crippen LogP contribution in [0, 0.1) is 0 Å². The van der Waals surface area contributed by atoms with Crippen LogP contribution < -0.4 is 10.2 Å². The topological polar surface area (TPSA) is 70.5 Å². The van der Waals surface area contributed by atoms with Gasteiger partial charge in [0.05, 0.1) is 11.9 Å². The van der Waals surface area contributed by atoms with E-state index in [2.05, 4.69) is 15.3 Å². The molecule has 7 nitrogen and oxygen atoms in total. The summed E-state index contributed by atoms with van der Waals surface area (Å²) in [6.07, 6.45) is 5.46. The summed E-state index contributed by atoms with van der Waals surface area (Å²) in [7, 11) is 0.885. The first kappa shape index (κ1) is 16.5. The van der Waals surface area contributed by atoms with Crippen LogP contribution in [-0.2, 0) is 17.8 Å². The molecule has 0 saturated carbocycles. The molecule has 24 heavy (non-hydrogen) atoms. The van der Waals surface area contributed by atoms with Gasteiger partial charge in [0.1, 0.15) is 0 Å². The smallest absolute Gasteiger partial charge is 0.321 e. The third-order valence-electron chi connectivity index (χ3n) is 4.06. The standard InChI is InChI=1S/C16H21N5O2S/c1-19-12-14(11-17-19)20-7-9-21(10-8-20)16(22)18-13-3-5-15(6-4-13)24(2)23/h3-6,11-12H,7-10H2,1-2H3,(H,18,22)/t24-/m1/s1. The first-order chi connectivity index (χ1) is 11.5. The van der Waals surface area contributed by atoms with E-state index < -0.39 is 10.8 Å². The Kier molecular flexibility index (Phi) is 4.84. The molecule has 1 N–H and O–H groups in total. The largest absolute Gasteiger partial charge is 0.365 e. The average Bonchev–Trinajstić information content (AvgIpc) is 3.02. The van der Waals surface area contributed by atoms with Crippen molar-refractivity contribution in [3.05, 3.63) is 36.7 Å². The summed E-state index contributed by atoms with van der Waals surface area (Å²) in [6.45, 7) is 2.90. The Morgan fingerprint density at radius 3 is 2.38 bits per heavy atom. The third kappa shape index (κ3) is 3.76. The Hall–Kier alpha value is -2.35. The number of carbonyl (C=O) groups is 1. The third-order valence-corrected chi connectivity index (χ3v) is 5.00. The highest BCUT2D eigenvalue weighted by Crippen LogP contribution is 2.16. The summed E-state index contributed by atoms with van der Waals surface area (Å²) in [5.41, 5.74) is 1.80. The highest BCUT2D eigenvalue weighted by molar-refractivity contribution is 7.84. The van der Waals surface area contributed by atoms with Crippen molar-refractivity contribution in [2.45, 2.75) is 4.90 Å². The molecule has 0 unspecified atom stereocenters. The molecule has 1 aliphatic heterocycles. The second kappa shape index (κ2) is 7.04. The van der Waals surface area contributed by atoms with Crippen molar-refractivity contribution in [2.75, 3.05) is 42.7 Å². The first-order valence-electron chi connectivity index (χ1n) is 7.76. The Bertz CT molecular complexity index is 735. The fourth-order valence-corrected chi connectivity index (χ4v) is 3.19. The summed E-state index contributed by atoms with van der Waals surface area (Å²) >= 11 is 0. The maximum absolute atomic E-state index is 12.4. The molecule has 128 valence electrons. The van der Waals surface area contributed by atoms with Gasteiger partial charge in [0.15, 0.2) is 0 Å². The van der Waals surface area contributed by atoms with Crippen LogP contribution in [0.25, 0.3) is 0 Å². The normalized spacial score (nSPS) is 16.1. The van der Waals surface area contributed by atoms with Gasteiger partial charge in [0.2, 0.25) is 0 Å². The Morgan fingerprint density at radius 2 is 1.83 bits per heavy atom. The summed E-state index contributed by atoms with van der Waals surface area (Å²) in [5, 5.41) is 7.07. The van der Waals surface area contributed by atoms with Gasteiger partial charge < -0.3 is 15.1 Å². The number of benzene rings is 1. The molecule has 1 aliphatic rings. The van der Waals surface area contributed by atoms with Crippen LogP contribution in [0.5, 0.6) is 0 Å². The van der Waals surface area contributed by atoms with Gasteiger partial charge in [-0.1, -0.05) is 0 Å². The maximum atomic E-state index is 12.4. The number of anilines is 2. The van der Waals surface area contributed by atoms with E-state index in [0.717, 1.165) is 23.7 Å². The van der Waals surface area contributed by atoms with E-state index in [1.165, 1.54) is 0 Å². The lowest BCUT2D eigenvalue weighted by Gasteiger charge is -2.35. The second-order valence-corrected chi connectivity index (χ2v) is 7.13. The molecule has 1 aromatic carbocycles. The van der Waals surface area contributed by atoms with Crippen molar-refractivity contribution in [3.8, 4) is 0 Å². The van der Waals surface area contributed by atoms with E-state index in [4.69, 9.17) is 0 Å². The van der Waals surface area contributed by atoms with Crippen molar-refractivity contribution in [1.82, 2.24) is 14.7 Å². The molecule has 0 aliphatic carbocycles. The van der Waals surface area contributed by atoms with Gasteiger partial charge in [-0.2, -0.15) is 5.10 Å². The maximum Gasteiger partial charge on any atom is 0.321 e. The Labute approximate surface area is 143 Å². The van der Waals surface area contributed by atoms with Crippen molar-refractivity contribution in [2.24, 2.45) is 7.05 Å². The molecule has 1 saturated heterocycles. The van der Waals surface area contributed by atoms with Crippen LogP contribution in [0.15, 0.2) is 41.6 Å². The van der Waals surface area contributed by atoms with E-state index in [9.17, 15) is 9.00 Å². The molecule has 3 rings (SSSR count). The molecule has 1 fully saturated rings. The van der Waals surface area contributed by atoms with Crippen LogP contribution in [0.2, 0.25) is 0 Å². The lowest BCUT2D eigenvalue weighted by molar-refractivity contribution is 0.208. The van der Waals surface area contributed by atoms with Crippen molar-refractivity contribution >= 4 is 28.2 Å². The molecule has 0 spiro atoms. The highest BCUT2D eigenvalue weighted by Gasteiger charge is 2.22. The highest BCUT2D eigenvalue weighted by atomic mass is 32.2. The lowest BCUT2D eigenvalue weighted by atomic mass is 10.3. The minimum absolute atomic E-state index is 0.105. The van der Waals surface area contributed by atoms with Gasteiger partial charge in [0.25, 0.3) is 0 Å². The lowest BCUT2D eigenvalue weighted by Crippen LogP contribution is -2.50. The Morgan fingerprint density at radius 1 is 1.17 bits per heavy atom. The predicted octanol–water partition coefficient (Wildman–Crippen LogP) is 1.51. The van der Waals surface area contributed by atoms with Gasteiger partial charge in [-0.05, 0) is 24.3 Å². The number of aryl methyl sites for hydroxylation is 1. The zero-order chi connectivity index (χ0) is 17.1. The number of carbonyl (C=O) groups excluding carboxylic acids is 1. The van der Waals surface area contributed by atoms with Crippen LogP contribution in [0.1, 0.15) is 0 Å². The number of urea groups is 1. The number of aromatic nitrogens is 2. The van der Waals surface area contributed by atoms with Gasteiger partial charge >= 0.3 is 6.03 Å². The SMILES string of the molecule is Cn1cc(N2CCN(C(=O)Nc3ccc([S@@](C)=O)cc3)CC2)cn1. The van der Waals surface area contributed by atoms with Crippen molar-refractivity contribution in [3.63, 3.8) is 0 Å². The summed E-state index contributed by atoms with van der Waals surface area (Å²) in [5.74, 6) is 0. The van der Waals surface area contributed by atoms with Gasteiger partial charge in [-0.15, -0.1) is 0 Å². The van der Waals surface area contributed by atoms with E-state index in [1.807, 2.05) is 19.4 Å². The van der Waals surface area contributed by atoms with Gasteiger partial charge in [0, 0.05) is 67.1 Å². The molecule has 8 heteroatoms. The molecule has 0 radical (unpaired) electrons. The number of rotatable bonds is 3. The molecule has 1 aromatic heterocycles. The Balaban J connectivity index is 1.54. The minimum atomic E-state index is -1.01. The first-order valence-corrected chi connectivity index (χ1v) is 9.32. The number of nitrogens with zero attached hydrogens (tertiary/aromatic N) is 4. The average molecular weight is 347 g/mol. The molecule has 2 amide bonds. The molecule has 2 aromatic rings. The van der Waals surface area contributed by atoms with Crippen LogP contribution in [0.3, 0.4) is 0 Å². The van der Waals surface area contributed by atoms with E-state index >= 15 is 0 Å². The molecule has 2 heterocycles. The molecular weight excluding hydrogens is 326 g/mol. The quantitative estimate of drug-likeness (QED) is 0.914. The van der Waals surface area contributed by atoms with Crippen LogP contribution in [-0.4, -0.2) is 57.4 Å². The predicted molar refractivity (Wildman–Crippen MR) is 94.8 cm³/mol. The molecular formula is C16H21N5O2S. The minimum Gasteiger partial charge on any atom is -0.365 e. The van der Waals surface area contributed by atoms with Crippen molar-refractivity contribution in [1.29, 1.82) is 0 Å².